The smallest absolute Gasteiger partial charge is 0.399 e. The number of nitrogen functional groups attached to an aromatic ring is 1. The van der Waals surface area contributed by atoms with Crippen molar-refractivity contribution in [2.75, 3.05) is 12.3 Å². The number of benzene rings is 3. The van der Waals surface area contributed by atoms with Crippen molar-refractivity contribution in [3.63, 3.8) is 0 Å². The molecular formula is C25H26F3N2Na. The summed E-state index contributed by atoms with van der Waals surface area (Å²) in [4.78, 5) is 4.65. The van der Waals surface area contributed by atoms with Gasteiger partial charge in [-0.2, -0.15) is 37.4 Å². The molecule has 0 bridgehead atoms. The average molecular weight is 434 g/mol. The van der Waals surface area contributed by atoms with Gasteiger partial charge in [-0.05, 0) is 31.0 Å². The molecule has 0 aliphatic heterocycles. The molecule has 2 nitrogen and oxygen atoms in total. The number of halogens is 3. The van der Waals surface area contributed by atoms with Gasteiger partial charge >= 0.3 is 35.7 Å². The van der Waals surface area contributed by atoms with Crippen LogP contribution >= 0.6 is 0 Å². The van der Waals surface area contributed by atoms with E-state index in [1.54, 1.807) is 12.1 Å². The quantitative estimate of drug-likeness (QED) is 0.282. The number of hydrogen-bond donors (Lipinski definition) is 1. The molecule has 2 N–H and O–H groups in total. The number of anilines is 1. The van der Waals surface area contributed by atoms with Gasteiger partial charge in [-0.25, -0.2) is 0 Å². The Hall–Kier alpha value is -2.08. The van der Waals surface area contributed by atoms with Crippen LogP contribution < -0.4 is 35.3 Å². The Morgan fingerprint density at radius 2 is 1.58 bits per heavy atom. The number of nitrogens with two attached hydrogens (primary N) is 1. The third-order valence-electron chi connectivity index (χ3n) is 4.51. The fraction of sp³-hybridized carbons (Fsp3) is 0.240. The maximum atomic E-state index is 12.8. The van der Waals surface area contributed by atoms with Crippen LogP contribution in [-0.2, 0) is 12.6 Å². The molecule has 0 saturated carbocycles. The van der Waals surface area contributed by atoms with Crippen LogP contribution in [0.25, 0.3) is 11.1 Å². The van der Waals surface area contributed by atoms with Gasteiger partial charge in [0, 0.05) is 17.9 Å². The molecule has 0 aromatic heterocycles. The van der Waals surface area contributed by atoms with E-state index in [0.717, 1.165) is 46.6 Å². The van der Waals surface area contributed by atoms with Crippen LogP contribution in [-0.4, -0.2) is 12.3 Å². The number of rotatable bonds is 5. The van der Waals surface area contributed by atoms with Gasteiger partial charge in [0.05, 0.1) is 5.56 Å². The van der Waals surface area contributed by atoms with E-state index in [4.69, 9.17) is 5.73 Å². The Balaban J connectivity index is 0.00000156. The van der Waals surface area contributed by atoms with Crippen molar-refractivity contribution in [3.05, 3.63) is 89.5 Å². The second-order valence-corrected chi connectivity index (χ2v) is 6.51. The predicted molar refractivity (Wildman–Crippen MR) is 119 cm³/mol. The first-order chi connectivity index (χ1) is 14.3. The number of alkyl halides is 3. The van der Waals surface area contributed by atoms with Crippen molar-refractivity contribution in [3.8, 4) is 11.1 Å². The Morgan fingerprint density at radius 1 is 0.968 bits per heavy atom. The molecule has 0 saturated heterocycles. The summed E-state index contributed by atoms with van der Waals surface area (Å²) in [6.07, 6.45) is -3.56. The van der Waals surface area contributed by atoms with Crippen LogP contribution in [0, 0.1) is 6.07 Å². The molecule has 0 spiro atoms. The van der Waals surface area contributed by atoms with Gasteiger partial charge < -0.3 is 5.73 Å². The Bertz CT molecular complexity index is 963. The molecular weight excluding hydrogens is 408 g/mol. The topological polar surface area (TPSA) is 38.4 Å². The van der Waals surface area contributed by atoms with E-state index in [2.05, 4.69) is 11.1 Å². The molecule has 3 rings (SSSR count). The first-order valence-electron chi connectivity index (χ1n) is 9.88. The molecule has 0 aliphatic rings. The minimum atomic E-state index is -4.34. The van der Waals surface area contributed by atoms with Gasteiger partial charge in [-0.3, -0.25) is 4.99 Å². The molecule has 0 aliphatic carbocycles. The standard InChI is InChI=1S/C23H20F3N2.C2H6.Na/c1-16(28-15-14-17-6-12-20(27)13-7-17)21-4-2-3-5-22(21)18-8-10-19(11-9-18)23(24,25)26;1-2;/h2,4-13H,14-15,27H2,1H3;1-2H3;/q-1;;+1. The van der Waals surface area contributed by atoms with Gasteiger partial charge in [0.1, 0.15) is 0 Å². The van der Waals surface area contributed by atoms with Crippen LogP contribution in [0.2, 0.25) is 0 Å². The van der Waals surface area contributed by atoms with Gasteiger partial charge in [0.15, 0.2) is 0 Å². The van der Waals surface area contributed by atoms with E-state index in [1.807, 2.05) is 51.1 Å². The van der Waals surface area contributed by atoms with Crippen molar-refractivity contribution in [2.45, 2.75) is 33.4 Å². The second-order valence-electron chi connectivity index (χ2n) is 6.51. The third kappa shape index (κ3) is 7.84. The van der Waals surface area contributed by atoms with E-state index in [9.17, 15) is 13.2 Å². The Morgan fingerprint density at radius 3 is 2.16 bits per heavy atom. The van der Waals surface area contributed by atoms with E-state index in [-0.39, 0.29) is 29.6 Å². The Kier molecular flexibility index (Phi) is 11.0. The zero-order valence-electron chi connectivity index (χ0n) is 18.4. The summed E-state index contributed by atoms with van der Waals surface area (Å²) in [5.74, 6) is 0. The largest absolute Gasteiger partial charge is 1.00 e. The molecule has 158 valence electrons. The van der Waals surface area contributed by atoms with Gasteiger partial charge in [-0.1, -0.05) is 55.8 Å². The monoisotopic (exact) mass is 434 g/mol. The fourth-order valence-corrected chi connectivity index (χ4v) is 2.95. The Labute approximate surface area is 204 Å². The van der Waals surface area contributed by atoms with Crippen LogP contribution in [0.15, 0.2) is 71.7 Å². The van der Waals surface area contributed by atoms with Crippen molar-refractivity contribution >= 4 is 11.4 Å². The van der Waals surface area contributed by atoms with E-state index in [1.165, 1.54) is 12.1 Å². The van der Waals surface area contributed by atoms with Crippen LogP contribution in [0.1, 0.15) is 37.5 Å². The predicted octanol–water partition coefficient (Wildman–Crippen LogP) is 3.84. The molecule has 0 atom stereocenters. The molecule has 0 amide bonds. The maximum absolute atomic E-state index is 12.8. The zero-order chi connectivity index (χ0) is 22.1. The van der Waals surface area contributed by atoms with E-state index < -0.39 is 11.7 Å². The minimum Gasteiger partial charge on any atom is -0.399 e. The molecule has 3 aromatic rings. The SMILES string of the molecule is CC.CC(=NCCc1ccc(N)cc1)c1cc[c-]cc1-c1ccc(C(F)(F)F)cc1.[Na+]. The summed E-state index contributed by atoms with van der Waals surface area (Å²) in [5, 5.41) is 0. The van der Waals surface area contributed by atoms with Crippen LogP contribution in [0.3, 0.4) is 0 Å². The third-order valence-corrected chi connectivity index (χ3v) is 4.51. The fourth-order valence-electron chi connectivity index (χ4n) is 2.95. The van der Waals surface area contributed by atoms with Crippen molar-refractivity contribution in [1.29, 1.82) is 0 Å². The molecule has 3 aromatic carbocycles. The van der Waals surface area contributed by atoms with Crippen LogP contribution in [0.5, 0.6) is 0 Å². The minimum absolute atomic E-state index is 0. The number of nitrogens with zero attached hydrogens (tertiary/aromatic N) is 1. The van der Waals surface area contributed by atoms with Crippen molar-refractivity contribution in [2.24, 2.45) is 4.99 Å². The zero-order valence-corrected chi connectivity index (χ0v) is 20.4. The average Bonchev–Trinajstić information content (AvgIpc) is 2.76. The number of aliphatic imine (C=N–C) groups is 1. The molecule has 0 radical (unpaired) electrons. The van der Waals surface area contributed by atoms with Crippen LogP contribution in [0.4, 0.5) is 18.9 Å². The summed E-state index contributed by atoms with van der Waals surface area (Å²) >= 11 is 0. The van der Waals surface area contributed by atoms with Gasteiger partial charge in [0.2, 0.25) is 0 Å². The summed E-state index contributed by atoms with van der Waals surface area (Å²) in [6, 6.07) is 21.3. The molecule has 31 heavy (non-hydrogen) atoms. The van der Waals surface area contributed by atoms with E-state index in [0.29, 0.717) is 12.1 Å². The van der Waals surface area contributed by atoms with E-state index >= 15 is 0 Å². The first kappa shape index (κ1) is 27.0. The summed E-state index contributed by atoms with van der Waals surface area (Å²) < 4.78 is 38.4. The maximum Gasteiger partial charge on any atom is 1.00 e. The summed E-state index contributed by atoms with van der Waals surface area (Å²) in [7, 11) is 0. The van der Waals surface area contributed by atoms with Crippen molar-refractivity contribution < 1.29 is 42.7 Å². The second kappa shape index (κ2) is 12.7. The van der Waals surface area contributed by atoms with Gasteiger partial charge in [-0.15, -0.1) is 11.1 Å². The number of hydrogen-bond acceptors (Lipinski definition) is 2. The first-order valence-corrected chi connectivity index (χ1v) is 9.88. The molecule has 0 unspecified atom stereocenters. The summed E-state index contributed by atoms with van der Waals surface area (Å²) in [6.45, 7) is 6.52. The molecule has 0 heterocycles. The van der Waals surface area contributed by atoms with Crippen molar-refractivity contribution in [1.82, 2.24) is 0 Å². The normalized spacial score (nSPS) is 11.2. The molecule has 0 fully saturated rings. The molecule has 6 heteroatoms. The summed E-state index contributed by atoms with van der Waals surface area (Å²) in [5.41, 5.74) is 10.1. The van der Waals surface area contributed by atoms with Gasteiger partial charge in [0.25, 0.3) is 0 Å².